The first kappa shape index (κ1) is 14.3. The highest BCUT2D eigenvalue weighted by atomic mass is 32.1. The van der Waals surface area contributed by atoms with Gasteiger partial charge in [0.15, 0.2) is 0 Å². The van der Waals surface area contributed by atoms with E-state index in [1.54, 1.807) is 0 Å². The average molecular weight is 277 g/mol. The second kappa shape index (κ2) is 5.88. The number of benzene rings is 1. The van der Waals surface area contributed by atoms with E-state index in [0.717, 1.165) is 18.7 Å². The highest BCUT2D eigenvalue weighted by Crippen LogP contribution is 2.29. The number of hydrogen-bond donors (Lipinski definition) is 1. The summed E-state index contributed by atoms with van der Waals surface area (Å²) in [6, 6.07) is 6.97. The molecule has 1 aliphatic heterocycles. The Morgan fingerprint density at radius 3 is 2.84 bits per heavy atom. The van der Waals surface area contributed by atoms with Crippen molar-refractivity contribution in [3.8, 4) is 0 Å². The van der Waals surface area contributed by atoms with E-state index in [-0.39, 0.29) is 0 Å². The molecule has 104 valence electrons. The fourth-order valence-electron chi connectivity index (χ4n) is 2.86. The monoisotopic (exact) mass is 277 g/mol. The Bertz CT molecular complexity index is 470. The van der Waals surface area contributed by atoms with Crippen LogP contribution in [0.5, 0.6) is 0 Å². The van der Waals surface area contributed by atoms with E-state index >= 15 is 0 Å². The van der Waals surface area contributed by atoms with Crippen molar-refractivity contribution in [2.24, 2.45) is 5.73 Å². The van der Waals surface area contributed by atoms with Crippen LogP contribution in [0.2, 0.25) is 0 Å². The molecule has 1 fully saturated rings. The lowest BCUT2D eigenvalue weighted by Gasteiger charge is -2.30. The van der Waals surface area contributed by atoms with E-state index in [4.69, 9.17) is 18.0 Å². The van der Waals surface area contributed by atoms with Crippen molar-refractivity contribution >= 4 is 22.9 Å². The molecule has 0 aromatic heterocycles. The normalized spacial score (nSPS) is 19.2. The number of thiocarbonyl (C=S) groups is 1. The van der Waals surface area contributed by atoms with Gasteiger partial charge in [-0.3, -0.25) is 0 Å². The molecule has 0 bridgehead atoms. The Morgan fingerprint density at radius 1 is 1.47 bits per heavy atom. The van der Waals surface area contributed by atoms with Crippen LogP contribution in [0.4, 0.5) is 5.69 Å². The van der Waals surface area contributed by atoms with Crippen LogP contribution in [0.1, 0.15) is 24.0 Å². The minimum absolute atomic E-state index is 0.495. The molecule has 0 aliphatic carbocycles. The maximum Gasteiger partial charge on any atom is 0.106 e. The fraction of sp³-hybridized carbons (Fsp3) is 0.533. The summed E-state index contributed by atoms with van der Waals surface area (Å²) in [6.45, 7) is 4.24. The third kappa shape index (κ3) is 3.25. The van der Waals surface area contributed by atoms with Crippen LogP contribution in [0.25, 0.3) is 0 Å². The Morgan fingerprint density at radius 2 is 2.21 bits per heavy atom. The number of rotatable bonds is 4. The van der Waals surface area contributed by atoms with Gasteiger partial charge in [-0.1, -0.05) is 23.8 Å². The van der Waals surface area contributed by atoms with Gasteiger partial charge in [0.25, 0.3) is 0 Å². The van der Waals surface area contributed by atoms with Gasteiger partial charge in [-0.2, -0.15) is 0 Å². The maximum absolute atomic E-state index is 5.89. The Balaban J connectivity index is 2.32. The minimum Gasteiger partial charge on any atom is -0.389 e. The Kier molecular flexibility index (Phi) is 4.42. The second-order valence-electron chi connectivity index (χ2n) is 5.64. The van der Waals surface area contributed by atoms with Crippen LogP contribution in [0.3, 0.4) is 0 Å². The smallest absolute Gasteiger partial charge is 0.106 e. The maximum atomic E-state index is 5.89. The van der Waals surface area contributed by atoms with Crippen molar-refractivity contribution < 1.29 is 0 Å². The van der Waals surface area contributed by atoms with Gasteiger partial charge in [-0.15, -0.1) is 0 Å². The van der Waals surface area contributed by atoms with Crippen molar-refractivity contribution in [2.75, 3.05) is 32.1 Å². The quantitative estimate of drug-likeness (QED) is 0.855. The van der Waals surface area contributed by atoms with Gasteiger partial charge in [0.2, 0.25) is 0 Å². The van der Waals surface area contributed by atoms with E-state index in [1.807, 2.05) is 0 Å². The standard InChI is InChI=1S/C15H23N3S/c1-11-6-7-14(13(9-11)15(16)19)18-8-4-5-12(18)10-17(2)3/h6-7,9,12H,4-5,8,10H2,1-3H3,(H2,16,19). The molecule has 0 radical (unpaired) electrons. The summed E-state index contributed by atoms with van der Waals surface area (Å²) < 4.78 is 0. The molecule has 3 nitrogen and oxygen atoms in total. The molecular weight excluding hydrogens is 254 g/mol. The zero-order valence-corrected chi connectivity index (χ0v) is 12.8. The number of nitrogens with two attached hydrogens (primary N) is 1. The molecule has 1 aromatic carbocycles. The molecule has 2 N–H and O–H groups in total. The van der Waals surface area contributed by atoms with E-state index < -0.39 is 0 Å². The molecule has 1 aromatic rings. The molecule has 19 heavy (non-hydrogen) atoms. The van der Waals surface area contributed by atoms with Crippen LogP contribution in [-0.2, 0) is 0 Å². The van der Waals surface area contributed by atoms with E-state index in [9.17, 15) is 0 Å². The summed E-state index contributed by atoms with van der Waals surface area (Å²) in [7, 11) is 4.25. The molecule has 1 atom stereocenters. The zero-order chi connectivity index (χ0) is 14.0. The summed E-state index contributed by atoms with van der Waals surface area (Å²) in [4.78, 5) is 5.21. The number of anilines is 1. The van der Waals surface area contributed by atoms with Crippen LogP contribution in [-0.4, -0.2) is 43.1 Å². The molecule has 4 heteroatoms. The van der Waals surface area contributed by atoms with Gasteiger partial charge in [-0.05, 0) is 46.0 Å². The largest absolute Gasteiger partial charge is 0.389 e. The highest BCUT2D eigenvalue weighted by molar-refractivity contribution is 7.80. The highest BCUT2D eigenvalue weighted by Gasteiger charge is 2.27. The molecule has 1 heterocycles. The average Bonchev–Trinajstić information content (AvgIpc) is 2.76. The number of nitrogens with zero attached hydrogens (tertiary/aromatic N) is 2. The minimum atomic E-state index is 0.495. The van der Waals surface area contributed by atoms with Gasteiger partial charge in [0.05, 0.1) is 0 Å². The van der Waals surface area contributed by atoms with Gasteiger partial charge < -0.3 is 15.5 Å². The summed E-state index contributed by atoms with van der Waals surface area (Å²) >= 11 is 5.21. The summed E-state index contributed by atoms with van der Waals surface area (Å²) in [6.07, 6.45) is 2.48. The van der Waals surface area contributed by atoms with Crippen molar-refractivity contribution in [3.05, 3.63) is 29.3 Å². The topological polar surface area (TPSA) is 32.5 Å². The van der Waals surface area contributed by atoms with Crippen LogP contribution < -0.4 is 10.6 Å². The van der Waals surface area contributed by atoms with E-state index in [0.29, 0.717) is 11.0 Å². The van der Waals surface area contributed by atoms with Gasteiger partial charge in [0.1, 0.15) is 4.99 Å². The van der Waals surface area contributed by atoms with E-state index in [1.165, 1.54) is 24.1 Å². The lowest BCUT2D eigenvalue weighted by atomic mass is 10.1. The lowest BCUT2D eigenvalue weighted by Crippen LogP contribution is -2.38. The molecule has 2 rings (SSSR count). The first-order valence-corrected chi connectivity index (χ1v) is 7.21. The molecular formula is C15H23N3S. The lowest BCUT2D eigenvalue weighted by molar-refractivity contribution is 0.372. The number of aryl methyl sites for hydroxylation is 1. The second-order valence-corrected chi connectivity index (χ2v) is 6.08. The first-order valence-electron chi connectivity index (χ1n) is 6.81. The third-order valence-corrected chi connectivity index (χ3v) is 3.90. The SMILES string of the molecule is Cc1ccc(N2CCCC2CN(C)C)c(C(N)=S)c1. The van der Waals surface area contributed by atoms with Crippen molar-refractivity contribution in [3.63, 3.8) is 0 Å². The van der Waals surface area contributed by atoms with Crippen LogP contribution in [0, 0.1) is 6.92 Å². The number of likely N-dealkylation sites (N-methyl/N-ethyl adjacent to an activating group) is 1. The Labute approximate surface area is 121 Å². The molecule has 0 spiro atoms. The molecule has 1 saturated heterocycles. The van der Waals surface area contributed by atoms with Crippen LogP contribution >= 0.6 is 12.2 Å². The van der Waals surface area contributed by atoms with Gasteiger partial charge >= 0.3 is 0 Å². The number of hydrogen-bond acceptors (Lipinski definition) is 3. The predicted octanol–water partition coefficient (Wildman–Crippen LogP) is 2.16. The summed E-state index contributed by atoms with van der Waals surface area (Å²) in [5.41, 5.74) is 9.31. The van der Waals surface area contributed by atoms with Crippen molar-refractivity contribution in [1.82, 2.24) is 4.90 Å². The first-order chi connectivity index (χ1) is 8.99. The molecule has 1 unspecified atom stereocenters. The molecule has 0 amide bonds. The fourth-order valence-corrected chi connectivity index (χ4v) is 3.03. The van der Waals surface area contributed by atoms with Gasteiger partial charge in [-0.25, -0.2) is 0 Å². The zero-order valence-electron chi connectivity index (χ0n) is 12.0. The van der Waals surface area contributed by atoms with Gasteiger partial charge in [0, 0.05) is 30.4 Å². The van der Waals surface area contributed by atoms with Crippen LogP contribution in [0.15, 0.2) is 18.2 Å². The third-order valence-electron chi connectivity index (χ3n) is 3.68. The van der Waals surface area contributed by atoms with E-state index in [2.05, 4.69) is 49.0 Å². The summed E-state index contributed by atoms with van der Waals surface area (Å²) in [5.74, 6) is 0. The Hall–Kier alpha value is -1.13. The predicted molar refractivity (Wildman–Crippen MR) is 86.0 cm³/mol. The van der Waals surface area contributed by atoms with Crippen molar-refractivity contribution in [1.29, 1.82) is 0 Å². The summed E-state index contributed by atoms with van der Waals surface area (Å²) in [5, 5.41) is 0. The molecule has 1 aliphatic rings. The van der Waals surface area contributed by atoms with Crippen molar-refractivity contribution in [2.45, 2.75) is 25.8 Å². The molecule has 0 saturated carbocycles.